The zero-order chi connectivity index (χ0) is 12.1. The van der Waals surface area contributed by atoms with Gasteiger partial charge in [-0.1, -0.05) is 0 Å². The van der Waals surface area contributed by atoms with Crippen molar-refractivity contribution >= 4 is 28.1 Å². The molecule has 0 saturated carbocycles. The standard InChI is InChI=1S/C10H14N2O3S/c1-16(15)5-4-12-7-2-3-9(11)8(6-7)10(13)14/h2-3,6,12H,4-5,11H2,1H3,(H,13,14). The van der Waals surface area contributed by atoms with Crippen LogP contribution >= 0.6 is 0 Å². The Balaban J connectivity index is 2.71. The van der Waals surface area contributed by atoms with Crippen LogP contribution in [0.3, 0.4) is 0 Å². The minimum absolute atomic E-state index is 0.0719. The van der Waals surface area contributed by atoms with Crippen molar-refractivity contribution < 1.29 is 14.1 Å². The van der Waals surface area contributed by atoms with Crippen LogP contribution in [0.4, 0.5) is 11.4 Å². The number of benzene rings is 1. The second kappa shape index (κ2) is 5.50. The molecule has 0 aliphatic heterocycles. The predicted molar refractivity (Wildman–Crippen MR) is 65.2 cm³/mol. The third kappa shape index (κ3) is 3.54. The zero-order valence-corrected chi connectivity index (χ0v) is 9.71. The van der Waals surface area contributed by atoms with E-state index >= 15 is 0 Å². The third-order valence-electron chi connectivity index (χ3n) is 2.00. The molecule has 1 aromatic rings. The van der Waals surface area contributed by atoms with E-state index in [1.54, 1.807) is 12.3 Å². The summed E-state index contributed by atoms with van der Waals surface area (Å²) < 4.78 is 10.8. The van der Waals surface area contributed by atoms with Crippen molar-refractivity contribution in [3.63, 3.8) is 0 Å². The third-order valence-corrected chi connectivity index (χ3v) is 2.78. The maximum Gasteiger partial charge on any atom is 0.337 e. The number of carboxylic acids is 1. The van der Waals surface area contributed by atoms with Crippen LogP contribution in [0.25, 0.3) is 0 Å². The van der Waals surface area contributed by atoms with Crippen LogP contribution in [-0.4, -0.2) is 33.8 Å². The summed E-state index contributed by atoms with van der Waals surface area (Å²) >= 11 is 0. The number of rotatable bonds is 5. The smallest absolute Gasteiger partial charge is 0.337 e. The maximum atomic E-state index is 10.8. The summed E-state index contributed by atoms with van der Waals surface area (Å²) in [4.78, 5) is 10.8. The van der Waals surface area contributed by atoms with Gasteiger partial charge in [0.15, 0.2) is 0 Å². The SMILES string of the molecule is CS(=O)CCNc1ccc(N)c(C(=O)O)c1. The molecule has 16 heavy (non-hydrogen) atoms. The molecule has 0 aromatic heterocycles. The van der Waals surface area contributed by atoms with Gasteiger partial charge in [0.1, 0.15) is 0 Å². The van der Waals surface area contributed by atoms with Crippen LogP contribution in [0.2, 0.25) is 0 Å². The summed E-state index contributed by atoms with van der Waals surface area (Å²) in [5.41, 5.74) is 6.48. The summed E-state index contributed by atoms with van der Waals surface area (Å²) in [5.74, 6) is -0.535. The molecule has 1 rings (SSSR count). The number of nitrogen functional groups attached to an aromatic ring is 1. The fourth-order valence-electron chi connectivity index (χ4n) is 1.19. The molecule has 5 nitrogen and oxygen atoms in total. The first-order valence-corrected chi connectivity index (χ1v) is 6.40. The Morgan fingerprint density at radius 2 is 2.25 bits per heavy atom. The summed E-state index contributed by atoms with van der Waals surface area (Å²) in [5, 5.41) is 11.8. The number of carbonyl (C=O) groups is 1. The lowest BCUT2D eigenvalue weighted by Crippen LogP contribution is -2.11. The highest BCUT2D eigenvalue weighted by molar-refractivity contribution is 7.84. The van der Waals surface area contributed by atoms with E-state index < -0.39 is 16.8 Å². The molecule has 1 atom stereocenters. The zero-order valence-electron chi connectivity index (χ0n) is 8.90. The quantitative estimate of drug-likeness (QED) is 0.663. The number of aromatic carboxylic acids is 1. The Labute approximate surface area is 96.1 Å². The van der Waals surface area contributed by atoms with Crippen molar-refractivity contribution in [1.82, 2.24) is 0 Å². The first kappa shape index (κ1) is 12.5. The molecular formula is C10H14N2O3S. The Morgan fingerprint density at radius 3 is 2.81 bits per heavy atom. The normalized spacial score (nSPS) is 12.1. The average molecular weight is 242 g/mol. The van der Waals surface area contributed by atoms with E-state index in [1.165, 1.54) is 12.1 Å². The van der Waals surface area contributed by atoms with Crippen LogP contribution in [-0.2, 0) is 10.8 Å². The Morgan fingerprint density at radius 1 is 1.56 bits per heavy atom. The van der Waals surface area contributed by atoms with Crippen LogP contribution in [0.15, 0.2) is 18.2 Å². The van der Waals surface area contributed by atoms with E-state index in [2.05, 4.69) is 5.32 Å². The topological polar surface area (TPSA) is 92.4 Å². The number of anilines is 2. The van der Waals surface area contributed by atoms with Crippen molar-refractivity contribution in [1.29, 1.82) is 0 Å². The van der Waals surface area contributed by atoms with Crippen LogP contribution in [0, 0.1) is 0 Å². The first-order chi connectivity index (χ1) is 7.50. The molecular weight excluding hydrogens is 228 g/mol. The van der Waals surface area contributed by atoms with Gasteiger partial charge in [-0.15, -0.1) is 0 Å². The van der Waals surface area contributed by atoms with Gasteiger partial charge >= 0.3 is 5.97 Å². The van der Waals surface area contributed by atoms with E-state index in [-0.39, 0.29) is 11.3 Å². The van der Waals surface area contributed by atoms with E-state index in [4.69, 9.17) is 10.8 Å². The molecule has 0 radical (unpaired) electrons. The first-order valence-electron chi connectivity index (χ1n) is 4.67. The molecule has 0 fully saturated rings. The van der Waals surface area contributed by atoms with Crippen LogP contribution < -0.4 is 11.1 Å². The fraction of sp³-hybridized carbons (Fsp3) is 0.300. The lowest BCUT2D eigenvalue weighted by atomic mass is 10.1. The highest BCUT2D eigenvalue weighted by atomic mass is 32.2. The van der Waals surface area contributed by atoms with Crippen molar-refractivity contribution in [2.75, 3.05) is 29.6 Å². The molecule has 6 heteroatoms. The maximum absolute atomic E-state index is 10.8. The minimum Gasteiger partial charge on any atom is -0.478 e. The summed E-state index contributed by atoms with van der Waals surface area (Å²) in [7, 11) is -0.861. The fourth-order valence-corrected chi connectivity index (χ4v) is 1.58. The minimum atomic E-state index is -1.06. The monoisotopic (exact) mass is 242 g/mol. The van der Waals surface area contributed by atoms with Gasteiger partial charge in [0.25, 0.3) is 0 Å². The van der Waals surface area contributed by atoms with Crippen LogP contribution in [0.5, 0.6) is 0 Å². The van der Waals surface area contributed by atoms with E-state index in [0.29, 0.717) is 18.0 Å². The number of hydrogen-bond acceptors (Lipinski definition) is 4. The number of carboxylic acid groups (broad SMARTS) is 1. The van der Waals surface area contributed by atoms with Crippen molar-refractivity contribution in [3.8, 4) is 0 Å². The van der Waals surface area contributed by atoms with Crippen molar-refractivity contribution in [3.05, 3.63) is 23.8 Å². The molecule has 0 heterocycles. The highest BCUT2D eigenvalue weighted by Crippen LogP contribution is 2.17. The molecule has 1 aromatic carbocycles. The lowest BCUT2D eigenvalue weighted by molar-refractivity contribution is 0.0698. The molecule has 0 aliphatic carbocycles. The highest BCUT2D eigenvalue weighted by Gasteiger charge is 2.08. The van der Waals surface area contributed by atoms with Gasteiger partial charge in [-0.2, -0.15) is 0 Å². The molecule has 0 saturated heterocycles. The Kier molecular flexibility index (Phi) is 4.30. The van der Waals surface area contributed by atoms with Crippen LogP contribution in [0.1, 0.15) is 10.4 Å². The van der Waals surface area contributed by atoms with E-state index in [1.807, 2.05) is 0 Å². The predicted octanol–water partition coefficient (Wildman–Crippen LogP) is 0.757. The van der Waals surface area contributed by atoms with Gasteiger partial charge in [-0.25, -0.2) is 4.79 Å². The lowest BCUT2D eigenvalue weighted by Gasteiger charge is -2.07. The second-order valence-electron chi connectivity index (χ2n) is 3.31. The van der Waals surface area contributed by atoms with Gasteiger partial charge < -0.3 is 16.2 Å². The number of hydrogen-bond donors (Lipinski definition) is 3. The van der Waals surface area contributed by atoms with Crippen molar-refractivity contribution in [2.24, 2.45) is 0 Å². The molecule has 0 spiro atoms. The summed E-state index contributed by atoms with van der Waals surface area (Å²) in [6, 6.07) is 4.70. The number of nitrogens with two attached hydrogens (primary N) is 1. The Hall–Kier alpha value is -1.56. The van der Waals surface area contributed by atoms with Gasteiger partial charge in [0, 0.05) is 40.7 Å². The van der Waals surface area contributed by atoms with Gasteiger partial charge in [-0.05, 0) is 18.2 Å². The average Bonchev–Trinajstić information content (AvgIpc) is 2.19. The molecule has 1 unspecified atom stereocenters. The van der Waals surface area contributed by atoms with E-state index in [0.717, 1.165) is 0 Å². The molecule has 0 aliphatic rings. The molecule has 0 amide bonds. The Bertz CT molecular complexity index is 421. The number of nitrogens with one attached hydrogen (secondary N) is 1. The molecule has 88 valence electrons. The summed E-state index contributed by atoms with van der Waals surface area (Å²) in [6.07, 6.45) is 1.62. The van der Waals surface area contributed by atoms with Gasteiger partial charge in [0.05, 0.1) is 5.56 Å². The van der Waals surface area contributed by atoms with Gasteiger partial charge in [-0.3, -0.25) is 4.21 Å². The molecule has 0 bridgehead atoms. The van der Waals surface area contributed by atoms with Crippen molar-refractivity contribution in [2.45, 2.75) is 0 Å². The largest absolute Gasteiger partial charge is 0.478 e. The van der Waals surface area contributed by atoms with Gasteiger partial charge in [0.2, 0.25) is 0 Å². The van der Waals surface area contributed by atoms with E-state index in [9.17, 15) is 9.00 Å². The molecule has 4 N–H and O–H groups in total. The summed E-state index contributed by atoms with van der Waals surface area (Å²) in [6.45, 7) is 0.534. The second-order valence-corrected chi connectivity index (χ2v) is 4.87.